The molecule has 0 saturated heterocycles. The minimum absolute atomic E-state index is 0.0894. The van der Waals surface area contributed by atoms with Crippen LogP contribution in [0.25, 0.3) is 0 Å². The first-order chi connectivity index (χ1) is 9.34. The highest BCUT2D eigenvalue weighted by Crippen LogP contribution is 2.62. The van der Waals surface area contributed by atoms with Crippen LogP contribution in [0.5, 0.6) is 0 Å². The van der Waals surface area contributed by atoms with Crippen molar-refractivity contribution in [3.63, 3.8) is 0 Å². The van der Waals surface area contributed by atoms with Crippen molar-refractivity contribution in [2.45, 2.75) is 52.6 Å². The fourth-order valence-corrected chi connectivity index (χ4v) is 3.48. The van der Waals surface area contributed by atoms with Crippen molar-refractivity contribution in [2.75, 3.05) is 5.32 Å². The van der Waals surface area contributed by atoms with Gasteiger partial charge in [0.2, 0.25) is 5.91 Å². The molecule has 1 fully saturated rings. The summed E-state index contributed by atoms with van der Waals surface area (Å²) in [5.74, 6) is 0.105. The Morgan fingerprint density at radius 2 is 1.80 bits per heavy atom. The maximum atomic E-state index is 12.4. The van der Waals surface area contributed by atoms with Crippen LogP contribution >= 0.6 is 0 Å². The highest BCUT2D eigenvalue weighted by Gasteiger charge is 2.65. The predicted octanol–water partition coefficient (Wildman–Crippen LogP) is 2.96. The van der Waals surface area contributed by atoms with Crippen LogP contribution in [0, 0.1) is 10.8 Å². The normalized spacial score (nSPS) is 27.4. The Morgan fingerprint density at radius 1 is 1.15 bits per heavy atom. The Hall–Kier alpha value is -1.35. The number of hydrogen-bond acceptors (Lipinski definition) is 2. The van der Waals surface area contributed by atoms with Crippen molar-refractivity contribution in [2.24, 2.45) is 10.8 Å². The third kappa shape index (κ3) is 1.96. The van der Waals surface area contributed by atoms with E-state index in [9.17, 15) is 4.79 Å². The van der Waals surface area contributed by atoms with Gasteiger partial charge in [-0.1, -0.05) is 45.9 Å². The van der Waals surface area contributed by atoms with Gasteiger partial charge >= 0.3 is 0 Å². The molecule has 0 bridgehead atoms. The molecule has 1 unspecified atom stereocenters. The predicted molar refractivity (Wildman–Crippen MR) is 81.7 cm³/mol. The first-order valence-corrected chi connectivity index (χ1v) is 7.49. The minimum Gasteiger partial charge on any atom is -0.324 e. The van der Waals surface area contributed by atoms with Crippen LogP contribution in [-0.4, -0.2) is 18.0 Å². The van der Waals surface area contributed by atoms with Gasteiger partial charge in [0, 0.05) is 11.7 Å². The van der Waals surface area contributed by atoms with Crippen LogP contribution in [0.2, 0.25) is 0 Å². The number of aryl methyl sites for hydroxylation is 1. The summed E-state index contributed by atoms with van der Waals surface area (Å²) < 4.78 is 0. The van der Waals surface area contributed by atoms with Gasteiger partial charge in [-0.2, -0.15) is 0 Å². The number of fused-ring (bicyclic) bond motifs is 1. The molecule has 20 heavy (non-hydrogen) atoms. The van der Waals surface area contributed by atoms with Crippen LogP contribution in [0.3, 0.4) is 0 Å². The Morgan fingerprint density at radius 3 is 2.45 bits per heavy atom. The fraction of sp³-hybridized carbons (Fsp3) is 0.588. The van der Waals surface area contributed by atoms with Crippen molar-refractivity contribution in [3.05, 3.63) is 29.8 Å². The van der Waals surface area contributed by atoms with Gasteiger partial charge in [-0.25, -0.2) is 0 Å². The number of carbonyl (C=O) groups excluding carboxylic acids is 1. The standard InChI is InChI=1S/C17H24N2O/c1-16(2)15(17(16,3)4)19-13-10-9-11-7-5-6-8-12(11)18-14(13)20/h5-8,13,15,19H,9-10H2,1-4H3,(H,18,20). The monoisotopic (exact) mass is 272 g/mol. The van der Waals surface area contributed by atoms with Gasteiger partial charge < -0.3 is 10.6 Å². The van der Waals surface area contributed by atoms with E-state index < -0.39 is 0 Å². The molecule has 1 aromatic rings. The molecule has 1 saturated carbocycles. The summed E-state index contributed by atoms with van der Waals surface area (Å²) in [5.41, 5.74) is 2.72. The van der Waals surface area contributed by atoms with Crippen molar-refractivity contribution >= 4 is 11.6 Å². The van der Waals surface area contributed by atoms with Crippen LogP contribution in [0.1, 0.15) is 39.7 Å². The molecular formula is C17H24N2O. The molecule has 0 spiro atoms. The summed E-state index contributed by atoms with van der Waals surface area (Å²) in [4.78, 5) is 12.4. The largest absolute Gasteiger partial charge is 0.324 e. The minimum atomic E-state index is -0.0894. The first kappa shape index (κ1) is 13.6. The zero-order valence-electron chi connectivity index (χ0n) is 12.8. The molecule has 1 aromatic carbocycles. The SMILES string of the molecule is CC1(C)C(NC2CCc3ccccc3NC2=O)C1(C)C. The summed E-state index contributed by atoms with van der Waals surface area (Å²) in [7, 11) is 0. The second kappa shape index (κ2) is 4.32. The summed E-state index contributed by atoms with van der Waals surface area (Å²) in [6, 6.07) is 8.41. The number of benzene rings is 1. The molecule has 1 aliphatic carbocycles. The van der Waals surface area contributed by atoms with Crippen molar-refractivity contribution in [1.29, 1.82) is 0 Å². The zero-order valence-corrected chi connectivity index (χ0v) is 12.8. The second-order valence-electron chi connectivity index (χ2n) is 7.28. The third-order valence-electron chi connectivity index (χ3n) is 5.68. The quantitative estimate of drug-likeness (QED) is 0.869. The van der Waals surface area contributed by atoms with Gasteiger partial charge in [0.15, 0.2) is 0 Å². The number of nitrogens with one attached hydrogen (secondary N) is 2. The van der Waals surface area contributed by atoms with E-state index >= 15 is 0 Å². The Balaban J connectivity index is 1.73. The number of anilines is 1. The topological polar surface area (TPSA) is 41.1 Å². The average molecular weight is 272 g/mol. The van der Waals surface area contributed by atoms with Gasteiger partial charge in [-0.05, 0) is 35.3 Å². The number of hydrogen-bond donors (Lipinski definition) is 2. The van der Waals surface area contributed by atoms with E-state index in [1.807, 2.05) is 18.2 Å². The van der Waals surface area contributed by atoms with Crippen molar-refractivity contribution in [3.8, 4) is 0 Å². The smallest absolute Gasteiger partial charge is 0.241 e. The molecule has 0 radical (unpaired) electrons. The summed E-state index contributed by atoms with van der Waals surface area (Å²) in [5, 5.41) is 6.64. The maximum Gasteiger partial charge on any atom is 0.241 e. The van der Waals surface area contributed by atoms with Gasteiger partial charge in [-0.15, -0.1) is 0 Å². The van der Waals surface area contributed by atoms with E-state index in [4.69, 9.17) is 0 Å². The number of carbonyl (C=O) groups is 1. The van der Waals surface area contributed by atoms with E-state index in [2.05, 4.69) is 44.4 Å². The average Bonchev–Trinajstić information content (AvgIpc) is 2.84. The van der Waals surface area contributed by atoms with Crippen LogP contribution < -0.4 is 10.6 Å². The Labute approximate surface area is 121 Å². The lowest BCUT2D eigenvalue weighted by molar-refractivity contribution is -0.118. The molecule has 1 atom stereocenters. The Bertz CT molecular complexity index is 534. The molecule has 108 valence electrons. The molecule has 2 N–H and O–H groups in total. The molecule has 3 rings (SSSR count). The number of rotatable bonds is 2. The summed E-state index contributed by atoms with van der Waals surface area (Å²) in [6.45, 7) is 9.09. The summed E-state index contributed by atoms with van der Waals surface area (Å²) >= 11 is 0. The number of amides is 1. The zero-order chi connectivity index (χ0) is 14.5. The molecule has 1 aliphatic heterocycles. The molecule has 2 aliphatic rings. The van der Waals surface area contributed by atoms with E-state index in [1.54, 1.807) is 0 Å². The molecular weight excluding hydrogens is 248 g/mol. The number of para-hydroxylation sites is 1. The van der Waals surface area contributed by atoms with Gasteiger partial charge in [0.05, 0.1) is 6.04 Å². The van der Waals surface area contributed by atoms with Crippen LogP contribution in [0.15, 0.2) is 24.3 Å². The highest BCUT2D eigenvalue weighted by molar-refractivity contribution is 5.96. The Kier molecular flexibility index (Phi) is 2.94. The lowest BCUT2D eigenvalue weighted by atomic mass is 10.0. The highest BCUT2D eigenvalue weighted by atomic mass is 16.2. The van der Waals surface area contributed by atoms with Crippen LogP contribution in [-0.2, 0) is 11.2 Å². The fourth-order valence-electron chi connectivity index (χ4n) is 3.48. The van der Waals surface area contributed by atoms with E-state index in [0.29, 0.717) is 6.04 Å². The van der Waals surface area contributed by atoms with E-state index in [0.717, 1.165) is 18.5 Å². The van der Waals surface area contributed by atoms with Crippen molar-refractivity contribution < 1.29 is 4.79 Å². The van der Waals surface area contributed by atoms with Gasteiger partial charge in [0.1, 0.15) is 0 Å². The molecule has 0 aromatic heterocycles. The molecule has 3 heteroatoms. The lowest BCUT2D eigenvalue weighted by Crippen LogP contribution is -2.42. The van der Waals surface area contributed by atoms with E-state index in [-0.39, 0.29) is 22.8 Å². The first-order valence-electron chi connectivity index (χ1n) is 7.49. The van der Waals surface area contributed by atoms with Crippen molar-refractivity contribution in [1.82, 2.24) is 5.32 Å². The van der Waals surface area contributed by atoms with E-state index in [1.165, 1.54) is 5.56 Å². The van der Waals surface area contributed by atoms with Crippen LogP contribution in [0.4, 0.5) is 5.69 Å². The van der Waals surface area contributed by atoms with Gasteiger partial charge in [0.25, 0.3) is 0 Å². The molecule has 1 heterocycles. The molecule has 1 amide bonds. The van der Waals surface area contributed by atoms with Gasteiger partial charge in [-0.3, -0.25) is 4.79 Å². The second-order valence-corrected chi connectivity index (χ2v) is 7.28. The lowest BCUT2D eigenvalue weighted by Gasteiger charge is -2.16. The molecule has 3 nitrogen and oxygen atoms in total. The maximum absolute atomic E-state index is 12.4. The third-order valence-corrected chi connectivity index (χ3v) is 5.68. The summed E-state index contributed by atoms with van der Waals surface area (Å²) in [6.07, 6.45) is 1.81.